The number of anilines is 3. The summed E-state index contributed by atoms with van der Waals surface area (Å²) < 4.78 is 5.66. The van der Waals surface area contributed by atoms with E-state index in [1.165, 1.54) is 34.7 Å². The number of rotatable bonds is 7. The molecule has 2 aliphatic rings. The summed E-state index contributed by atoms with van der Waals surface area (Å²) in [7, 11) is 0. The third-order valence-electron chi connectivity index (χ3n) is 6.62. The number of hydrogen-bond acceptors (Lipinski definition) is 8. The number of nitrogens with zero attached hydrogens (tertiary/aromatic N) is 4. The van der Waals surface area contributed by atoms with Crippen molar-refractivity contribution in [2.75, 3.05) is 10.2 Å². The molecule has 12 heteroatoms. The molecule has 0 spiro atoms. The Kier molecular flexibility index (Phi) is 6.37. The lowest BCUT2D eigenvalue weighted by molar-refractivity contribution is -0.117. The summed E-state index contributed by atoms with van der Waals surface area (Å²) >= 11 is 1.20. The van der Waals surface area contributed by atoms with Crippen LogP contribution in [0.2, 0.25) is 0 Å². The molecule has 196 valence electrons. The average Bonchev–Trinajstić information content (AvgIpc) is 3.54. The van der Waals surface area contributed by atoms with Gasteiger partial charge in [0.25, 0.3) is 5.91 Å². The topological polar surface area (TPSA) is 138 Å². The maximum Gasteiger partial charge on any atom is 0.331 e. The van der Waals surface area contributed by atoms with Crippen LogP contribution in [0.4, 0.5) is 21.9 Å². The summed E-state index contributed by atoms with van der Waals surface area (Å²) in [4.78, 5) is 53.8. The monoisotopic (exact) mass is 541 g/mol. The first-order valence-corrected chi connectivity index (χ1v) is 13.1. The molecule has 3 aromatic heterocycles. The van der Waals surface area contributed by atoms with Crippen molar-refractivity contribution in [3.63, 3.8) is 0 Å². The average molecular weight is 542 g/mol. The second-order valence-corrected chi connectivity index (χ2v) is 10.1. The first-order chi connectivity index (χ1) is 19.0. The predicted octanol–water partition coefficient (Wildman–Crippen LogP) is 4.52. The minimum absolute atomic E-state index is 0.145. The number of aromatic nitrogens is 3. The van der Waals surface area contributed by atoms with E-state index in [9.17, 15) is 14.4 Å². The smallest absolute Gasteiger partial charge is 0.331 e. The lowest BCUT2D eigenvalue weighted by atomic mass is 10.1. The Morgan fingerprint density at radius 1 is 1.08 bits per heavy atom. The molecule has 4 aromatic rings. The van der Waals surface area contributed by atoms with E-state index in [1.807, 2.05) is 18.2 Å². The normalized spacial score (nSPS) is 17.9. The maximum atomic E-state index is 13.4. The van der Waals surface area contributed by atoms with Crippen LogP contribution in [0, 0.1) is 0 Å². The van der Waals surface area contributed by atoms with Gasteiger partial charge in [0, 0.05) is 18.3 Å². The Balaban J connectivity index is 1.27. The van der Waals surface area contributed by atoms with Crippen molar-refractivity contribution in [2.45, 2.75) is 31.3 Å². The van der Waals surface area contributed by atoms with Crippen LogP contribution in [0.5, 0.6) is 11.8 Å². The number of nitrogens with one attached hydrogen (secondary N) is 3. The first-order valence-electron chi connectivity index (χ1n) is 12.3. The van der Waals surface area contributed by atoms with Crippen LogP contribution in [-0.4, -0.2) is 44.9 Å². The quantitative estimate of drug-likeness (QED) is 0.293. The molecule has 1 aliphatic heterocycles. The molecule has 4 amide bonds. The van der Waals surface area contributed by atoms with Crippen molar-refractivity contribution in [2.24, 2.45) is 0 Å². The third kappa shape index (κ3) is 4.66. The largest absolute Gasteiger partial charge is 0.424 e. The molecule has 1 fully saturated rings. The Morgan fingerprint density at radius 3 is 2.56 bits per heavy atom. The zero-order valence-electron chi connectivity index (χ0n) is 20.6. The minimum atomic E-state index is -0.459. The molecule has 3 N–H and O–H groups in total. The van der Waals surface area contributed by atoms with Gasteiger partial charge >= 0.3 is 12.0 Å². The number of pyridine rings is 1. The lowest BCUT2D eigenvalue weighted by Gasteiger charge is -2.28. The second-order valence-electron chi connectivity index (χ2n) is 9.05. The Morgan fingerprint density at radius 2 is 1.82 bits per heavy atom. The van der Waals surface area contributed by atoms with Crippen molar-refractivity contribution in [3.8, 4) is 11.8 Å². The summed E-state index contributed by atoms with van der Waals surface area (Å²) in [6.07, 6.45) is 8.19. The lowest BCUT2D eigenvalue weighted by Crippen LogP contribution is -2.48. The molecule has 1 aliphatic carbocycles. The van der Waals surface area contributed by atoms with Crippen molar-refractivity contribution in [1.82, 2.24) is 25.6 Å². The third-order valence-corrected chi connectivity index (χ3v) is 7.72. The van der Waals surface area contributed by atoms with Crippen molar-refractivity contribution >= 4 is 56.5 Å². The van der Waals surface area contributed by atoms with Crippen LogP contribution < -0.4 is 25.6 Å². The van der Waals surface area contributed by atoms with Crippen molar-refractivity contribution in [3.05, 3.63) is 72.5 Å². The summed E-state index contributed by atoms with van der Waals surface area (Å²) in [6.45, 7) is 3.49. The highest BCUT2D eigenvalue weighted by Gasteiger charge is 2.35. The Labute approximate surface area is 226 Å². The number of carbonyl (C=O) groups excluding carboxylic acids is 3. The molecule has 1 aromatic carbocycles. The molecular weight excluding hydrogens is 518 g/mol. The number of para-hydroxylation sites is 1. The number of amides is 4. The second kappa shape index (κ2) is 10.1. The van der Waals surface area contributed by atoms with Gasteiger partial charge in [-0.3, -0.25) is 14.5 Å². The van der Waals surface area contributed by atoms with Gasteiger partial charge in [-0.2, -0.15) is 0 Å². The molecule has 2 atom stereocenters. The van der Waals surface area contributed by atoms with Crippen LogP contribution in [0.25, 0.3) is 10.2 Å². The standard InChI is InChI=1S/C27H23N7O4S/c1-2-20(35)31-17-9-6-10-18(17)32-24(36)23-22-21-19(11-12-28-25(21)39-23)34(27(37)33-22)15-13-29-26(30-14-15)38-16-7-4-3-5-8-16/h2-5,7-8,11-14,17-18H,1,6,9-10H2,(H,31,35)(H,32,36)(H,33,37)/t17-,18+/m0/s1. The van der Waals surface area contributed by atoms with E-state index >= 15 is 0 Å². The number of urea groups is 1. The number of benzene rings is 1. The van der Waals surface area contributed by atoms with Crippen LogP contribution in [-0.2, 0) is 4.79 Å². The molecule has 11 nitrogen and oxygen atoms in total. The van der Waals surface area contributed by atoms with E-state index in [0.717, 1.165) is 19.3 Å². The molecule has 0 bridgehead atoms. The Hall–Kier alpha value is -4.84. The highest BCUT2D eigenvalue weighted by Crippen LogP contribution is 2.45. The number of carbonyl (C=O) groups is 3. The fourth-order valence-corrected chi connectivity index (χ4v) is 5.88. The van der Waals surface area contributed by atoms with E-state index in [1.54, 1.807) is 24.4 Å². The van der Waals surface area contributed by atoms with Gasteiger partial charge in [-0.05, 0) is 43.5 Å². The van der Waals surface area contributed by atoms with Gasteiger partial charge in [-0.15, -0.1) is 11.3 Å². The number of thiophene rings is 1. The van der Waals surface area contributed by atoms with Crippen LogP contribution in [0.3, 0.4) is 0 Å². The van der Waals surface area contributed by atoms with Gasteiger partial charge in [0.1, 0.15) is 15.5 Å². The van der Waals surface area contributed by atoms with Crippen LogP contribution in [0.15, 0.2) is 67.6 Å². The summed E-state index contributed by atoms with van der Waals surface area (Å²) in [5, 5.41) is 9.43. The van der Waals surface area contributed by atoms with Gasteiger partial charge in [-0.1, -0.05) is 24.8 Å². The zero-order chi connectivity index (χ0) is 26.9. The molecular formula is C27H23N7O4S. The van der Waals surface area contributed by atoms with Gasteiger partial charge in [0.2, 0.25) is 5.91 Å². The van der Waals surface area contributed by atoms with E-state index in [2.05, 4.69) is 37.5 Å². The van der Waals surface area contributed by atoms with Crippen LogP contribution >= 0.6 is 11.3 Å². The van der Waals surface area contributed by atoms with Crippen molar-refractivity contribution < 1.29 is 19.1 Å². The minimum Gasteiger partial charge on any atom is -0.424 e. The zero-order valence-corrected chi connectivity index (χ0v) is 21.4. The van der Waals surface area contributed by atoms with E-state index in [0.29, 0.717) is 37.9 Å². The first kappa shape index (κ1) is 24.5. The summed E-state index contributed by atoms with van der Waals surface area (Å²) in [5.41, 5.74) is 1.40. The molecule has 0 unspecified atom stereocenters. The highest BCUT2D eigenvalue weighted by atomic mass is 32.1. The molecule has 0 saturated heterocycles. The SMILES string of the molecule is C=CC(=O)N[C@H]1CCC[C@H]1NC(=O)c1sc2nccc3c2c1NC(=O)N3c1cnc(Oc2ccccc2)nc1. The Bertz CT molecular complexity index is 1590. The summed E-state index contributed by atoms with van der Waals surface area (Å²) in [5.74, 6) is -0.0105. The van der Waals surface area contributed by atoms with E-state index in [-0.39, 0.29) is 29.9 Å². The summed E-state index contributed by atoms with van der Waals surface area (Å²) in [6, 6.07) is 10.1. The number of hydrogen-bond donors (Lipinski definition) is 3. The van der Waals surface area contributed by atoms with Crippen molar-refractivity contribution in [1.29, 1.82) is 0 Å². The van der Waals surface area contributed by atoms with E-state index < -0.39 is 6.03 Å². The molecule has 1 saturated carbocycles. The van der Waals surface area contributed by atoms with Gasteiger partial charge in [0.05, 0.1) is 34.8 Å². The fourth-order valence-electron chi connectivity index (χ4n) is 4.85. The fraction of sp³-hybridized carbons (Fsp3) is 0.185. The van der Waals surface area contributed by atoms with Crippen LogP contribution in [0.1, 0.15) is 28.9 Å². The predicted molar refractivity (Wildman–Crippen MR) is 147 cm³/mol. The maximum absolute atomic E-state index is 13.4. The number of ether oxygens (including phenoxy) is 1. The molecule has 0 radical (unpaired) electrons. The van der Waals surface area contributed by atoms with Gasteiger partial charge < -0.3 is 20.7 Å². The molecule has 6 rings (SSSR count). The molecule has 4 heterocycles. The molecule has 39 heavy (non-hydrogen) atoms. The van der Waals surface area contributed by atoms with Gasteiger partial charge in [0.15, 0.2) is 0 Å². The van der Waals surface area contributed by atoms with Gasteiger partial charge in [-0.25, -0.2) is 19.7 Å². The highest BCUT2D eigenvalue weighted by molar-refractivity contribution is 7.21. The van der Waals surface area contributed by atoms with E-state index in [4.69, 9.17) is 4.74 Å².